The molecule has 0 aliphatic rings. The van der Waals surface area contributed by atoms with Crippen molar-refractivity contribution < 1.29 is 9.21 Å². The number of rotatable bonds is 3. The maximum atomic E-state index is 12.2. The van der Waals surface area contributed by atoms with E-state index in [0.717, 1.165) is 11.1 Å². The van der Waals surface area contributed by atoms with Crippen molar-refractivity contribution >= 4 is 23.1 Å². The molecule has 2 aromatic carbocycles. The molecule has 0 radical (unpaired) electrons. The average molecular weight is 346 g/mol. The van der Waals surface area contributed by atoms with Crippen molar-refractivity contribution in [3.63, 3.8) is 0 Å². The van der Waals surface area contributed by atoms with E-state index >= 15 is 0 Å². The van der Waals surface area contributed by atoms with Gasteiger partial charge in [0.1, 0.15) is 0 Å². The zero-order valence-corrected chi connectivity index (χ0v) is 13.8. The Kier molecular flexibility index (Phi) is 3.81. The molecule has 0 unspecified atom stereocenters. The van der Waals surface area contributed by atoms with Gasteiger partial charge in [-0.1, -0.05) is 35.9 Å². The average Bonchev–Trinajstić information content (AvgIpc) is 3.08. The molecule has 0 saturated carbocycles. The standard InChI is InChI=1S/C19H14N4O3/c1-11-7-9-13(10-8-11)18-20-15-14(26-18)17(25)23-19(21-15)22-16(24)12-5-3-2-4-6-12/h2-10H,1H3,(H2,21,22,23,24,25). The van der Waals surface area contributed by atoms with Gasteiger partial charge < -0.3 is 4.42 Å². The van der Waals surface area contributed by atoms with Crippen LogP contribution in [0, 0.1) is 6.92 Å². The number of nitrogens with one attached hydrogen (secondary N) is 2. The third kappa shape index (κ3) is 2.98. The second-order valence-electron chi connectivity index (χ2n) is 5.77. The Bertz CT molecular complexity index is 1150. The normalized spacial score (nSPS) is 10.8. The summed E-state index contributed by atoms with van der Waals surface area (Å²) in [6, 6.07) is 16.2. The van der Waals surface area contributed by atoms with Crippen LogP contribution in [0.15, 0.2) is 63.8 Å². The first-order valence-electron chi connectivity index (χ1n) is 7.94. The van der Waals surface area contributed by atoms with Gasteiger partial charge in [0.2, 0.25) is 23.1 Å². The lowest BCUT2D eigenvalue weighted by atomic mass is 10.1. The van der Waals surface area contributed by atoms with E-state index in [1.54, 1.807) is 24.3 Å². The molecule has 0 spiro atoms. The Morgan fingerprint density at radius 3 is 2.50 bits per heavy atom. The van der Waals surface area contributed by atoms with Gasteiger partial charge in [0.15, 0.2) is 0 Å². The number of hydrogen-bond donors (Lipinski definition) is 2. The van der Waals surface area contributed by atoms with Gasteiger partial charge in [-0.3, -0.25) is 19.9 Å². The van der Waals surface area contributed by atoms with Crippen LogP contribution in [0.25, 0.3) is 22.7 Å². The fraction of sp³-hybridized carbons (Fsp3) is 0.0526. The van der Waals surface area contributed by atoms with Crippen LogP contribution in [0.4, 0.5) is 5.95 Å². The number of anilines is 1. The molecule has 0 atom stereocenters. The summed E-state index contributed by atoms with van der Waals surface area (Å²) >= 11 is 0. The molecular weight excluding hydrogens is 332 g/mol. The van der Waals surface area contributed by atoms with Gasteiger partial charge in [-0.25, -0.2) is 0 Å². The largest absolute Gasteiger partial charge is 0.428 e. The maximum absolute atomic E-state index is 12.2. The minimum Gasteiger partial charge on any atom is -0.428 e. The van der Waals surface area contributed by atoms with Gasteiger partial charge in [-0.15, -0.1) is 0 Å². The van der Waals surface area contributed by atoms with E-state index in [0.29, 0.717) is 11.5 Å². The zero-order valence-electron chi connectivity index (χ0n) is 13.8. The van der Waals surface area contributed by atoms with Crippen LogP contribution in [0.5, 0.6) is 0 Å². The monoisotopic (exact) mass is 346 g/mol. The number of H-pyrrole nitrogens is 1. The molecule has 26 heavy (non-hydrogen) atoms. The first-order valence-corrected chi connectivity index (χ1v) is 7.94. The van der Waals surface area contributed by atoms with Crippen molar-refractivity contribution in [2.45, 2.75) is 6.92 Å². The molecular formula is C19H14N4O3. The van der Waals surface area contributed by atoms with E-state index in [9.17, 15) is 9.59 Å². The summed E-state index contributed by atoms with van der Waals surface area (Å²) in [6.07, 6.45) is 0. The van der Waals surface area contributed by atoms with Crippen molar-refractivity contribution in [1.29, 1.82) is 0 Å². The molecule has 1 amide bonds. The van der Waals surface area contributed by atoms with E-state index < -0.39 is 5.56 Å². The molecule has 0 aliphatic heterocycles. The first-order chi connectivity index (χ1) is 12.6. The second kappa shape index (κ2) is 6.29. The summed E-state index contributed by atoms with van der Waals surface area (Å²) < 4.78 is 5.54. The van der Waals surface area contributed by atoms with Gasteiger partial charge in [0, 0.05) is 11.1 Å². The summed E-state index contributed by atoms with van der Waals surface area (Å²) in [5.74, 6) is -0.0694. The fourth-order valence-corrected chi connectivity index (χ4v) is 2.48. The quantitative estimate of drug-likeness (QED) is 0.593. The molecule has 4 rings (SSSR count). The maximum Gasteiger partial charge on any atom is 0.297 e. The minimum absolute atomic E-state index is 0.0123. The van der Waals surface area contributed by atoms with Gasteiger partial charge >= 0.3 is 0 Å². The van der Waals surface area contributed by atoms with E-state index in [1.165, 1.54) is 0 Å². The number of amides is 1. The van der Waals surface area contributed by atoms with Crippen LogP contribution >= 0.6 is 0 Å². The Labute approximate surface area is 147 Å². The first kappa shape index (κ1) is 15.8. The minimum atomic E-state index is -0.510. The van der Waals surface area contributed by atoms with Crippen LogP contribution in [0.2, 0.25) is 0 Å². The molecule has 0 bridgehead atoms. The summed E-state index contributed by atoms with van der Waals surface area (Å²) in [7, 11) is 0. The fourth-order valence-electron chi connectivity index (χ4n) is 2.48. The Morgan fingerprint density at radius 1 is 1.04 bits per heavy atom. The SMILES string of the molecule is Cc1ccc(-c2nc3nc(NC(=O)c4ccccc4)[nH]c(=O)c3o2)cc1. The molecule has 2 aromatic heterocycles. The zero-order chi connectivity index (χ0) is 18.1. The molecule has 0 aliphatic carbocycles. The van der Waals surface area contributed by atoms with Crippen LogP contribution in [-0.2, 0) is 0 Å². The predicted molar refractivity (Wildman–Crippen MR) is 97.0 cm³/mol. The molecule has 0 saturated heterocycles. The highest BCUT2D eigenvalue weighted by Crippen LogP contribution is 2.22. The van der Waals surface area contributed by atoms with E-state index in [1.807, 2.05) is 37.3 Å². The molecule has 7 heteroatoms. The summed E-state index contributed by atoms with van der Waals surface area (Å²) in [6.45, 7) is 1.98. The van der Waals surface area contributed by atoms with Crippen LogP contribution in [0.3, 0.4) is 0 Å². The predicted octanol–water partition coefficient (Wildman–Crippen LogP) is 3.14. The number of hydrogen-bond acceptors (Lipinski definition) is 5. The second-order valence-corrected chi connectivity index (χ2v) is 5.77. The molecule has 2 N–H and O–H groups in total. The highest BCUT2D eigenvalue weighted by Gasteiger charge is 2.15. The third-order valence-electron chi connectivity index (χ3n) is 3.83. The van der Waals surface area contributed by atoms with Crippen molar-refractivity contribution in [3.8, 4) is 11.5 Å². The van der Waals surface area contributed by atoms with Gasteiger partial charge in [0.25, 0.3) is 11.5 Å². The van der Waals surface area contributed by atoms with Gasteiger partial charge in [-0.05, 0) is 31.2 Å². The van der Waals surface area contributed by atoms with E-state index in [2.05, 4.69) is 20.3 Å². The molecule has 2 heterocycles. The lowest BCUT2D eigenvalue weighted by molar-refractivity contribution is 0.102. The van der Waals surface area contributed by atoms with E-state index in [4.69, 9.17) is 4.42 Å². The number of carbonyl (C=O) groups excluding carboxylic acids is 1. The molecule has 4 aromatic rings. The van der Waals surface area contributed by atoms with E-state index in [-0.39, 0.29) is 23.1 Å². The smallest absolute Gasteiger partial charge is 0.297 e. The number of aryl methyl sites for hydroxylation is 1. The Balaban J connectivity index is 1.69. The number of fused-ring (bicyclic) bond motifs is 1. The molecule has 0 fully saturated rings. The number of benzene rings is 2. The van der Waals surface area contributed by atoms with Crippen LogP contribution in [0.1, 0.15) is 15.9 Å². The number of carbonyl (C=O) groups is 1. The Morgan fingerprint density at radius 2 is 1.77 bits per heavy atom. The van der Waals surface area contributed by atoms with Crippen LogP contribution < -0.4 is 10.9 Å². The molecule has 7 nitrogen and oxygen atoms in total. The number of nitrogens with zero attached hydrogens (tertiary/aromatic N) is 2. The molecule has 128 valence electrons. The van der Waals surface area contributed by atoms with Crippen LogP contribution in [-0.4, -0.2) is 20.9 Å². The topological polar surface area (TPSA) is 101 Å². The number of oxazole rings is 1. The van der Waals surface area contributed by atoms with Crippen molar-refractivity contribution in [2.24, 2.45) is 0 Å². The van der Waals surface area contributed by atoms with Crippen molar-refractivity contribution in [2.75, 3.05) is 5.32 Å². The highest BCUT2D eigenvalue weighted by atomic mass is 16.4. The summed E-state index contributed by atoms with van der Waals surface area (Å²) in [5, 5.41) is 2.56. The third-order valence-corrected chi connectivity index (χ3v) is 3.83. The Hall–Kier alpha value is -3.74. The van der Waals surface area contributed by atoms with Gasteiger partial charge in [-0.2, -0.15) is 9.97 Å². The summed E-state index contributed by atoms with van der Waals surface area (Å²) in [5.41, 5.74) is 1.93. The van der Waals surface area contributed by atoms with Gasteiger partial charge in [0.05, 0.1) is 0 Å². The highest BCUT2D eigenvalue weighted by molar-refractivity contribution is 6.03. The lowest BCUT2D eigenvalue weighted by Gasteiger charge is -2.03. The van der Waals surface area contributed by atoms with Crippen molar-refractivity contribution in [3.05, 3.63) is 76.1 Å². The lowest BCUT2D eigenvalue weighted by Crippen LogP contribution is -2.18. The number of aromatic nitrogens is 3. The number of aromatic amines is 1. The van der Waals surface area contributed by atoms with Crippen molar-refractivity contribution in [1.82, 2.24) is 15.0 Å². The summed E-state index contributed by atoms with van der Waals surface area (Å²) in [4.78, 5) is 35.4.